The van der Waals surface area contributed by atoms with Crippen molar-refractivity contribution >= 4 is 34.3 Å². The van der Waals surface area contributed by atoms with Crippen LogP contribution in [-0.4, -0.2) is 25.1 Å². The summed E-state index contributed by atoms with van der Waals surface area (Å²) in [6.45, 7) is 14.5. The molecule has 4 aromatic heterocycles. The molecule has 0 bridgehead atoms. The van der Waals surface area contributed by atoms with E-state index in [1.165, 1.54) is 12.1 Å². The maximum atomic E-state index is 13.5. The zero-order chi connectivity index (χ0) is 26.8. The molecule has 7 heteroatoms. The number of rotatable bonds is 7. The van der Waals surface area contributed by atoms with Crippen LogP contribution < -0.4 is 15.9 Å². The topological polar surface area (TPSA) is 82.3 Å². The second-order valence-corrected chi connectivity index (χ2v) is 9.44. The first-order chi connectivity index (χ1) is 18.3. The van der Waals surface area contributed by atoms with Crippen molar-refractivity contribution in [2.24, 2.45) is 5.92 Å². The molecule has 1 aromatic carbocycles. The number of allylic oxidation sites excluding steroid dienone is 2. The fraction of sp³-hybridized carbons (Fsp3) is 0.129. The van der Waals surface area contributed by atoms with Gasteiger partial charge in [-0.15, -0.1) is 0 Å². The van der Waals surface area contributed by atoms with E-state index in [1.54, 1.807) is 30.7 Å². The van der Waals surface area contributed by atoms with Crippen LogP contribution in [0.15, 0.2) is 79.9 Å². The summed E-state index contributed by atoms with van der Waals surface area (Å²) in [4.78, 5) is 12.4. The van der Waals surface area contributed by atoms with Gasteiger partial charge in [0, 0.05) is 45.3 Å². The predicted octanol–water partition coefficient (Wildman–Crippen LogP) is 6.03. The molecule has 4 heterocycles. The van der Waals surface area contributed by atoms with E-state index in [2.05, 4.69) is 57.5 Å². The fourth-order valence-corrected chi connectivity index (χ4v) is 4.23. The number of nitrogens with zero attached hydrogens (tertiary/aromatic N) is 3. The second kappa shape index (κ2) is 10.3. The minimum atomic E-state index is -0.280. The summed E-state index contributed by atoms with van der Waals surface area (Å²) in [5.41, 5.74) is 7.60. The van der Waals surface area contributed by atoms with Gasteiger partial charge in [-0.1, -0.05) is 33.1 Å². The number of aromatic amines is 2. The molecule has 190 valence electrons. The Balaban J connectivity index is 1.56. The molecular formula is C31H29FN6. The van der Waals surface area contributed by atoms with Crippen molar-refractivity contribution in [3.8, 4) is 22.6 Å². The molecule has 6 nitrogen and oxygen atoms in total. The zero-order valence-corrected chi connectivity index (χ0v) is 21.6. The largest absolute Gasteiger partial charge is 0.358 e. The standard InChI is InChI=1S/C31H29FN6/c1-6-27-25(13-19(4)22-14-24(17-33-16-22)35-20(5)18(2)3)31(38-37-27)29-15-26-28(36-29)11-12-34-30(26)21-7-9-23(32)10-8-21/h6-18,35-37H,4-5H2,1-3H3/b25-13+,27-6+. The van der Waals surface area contributed by atoms with Crippen molar-refractivity contribution < 1.29 is 4.39 Å². The molecule has 0 saturated carbocycles. The number of halogens is 1. The van der Waals surface area contributed by atoms with Gasteiger partial charge in [0.15, 0.2) is 0 Å². The molecule has 0 saturated heterocycles. The molecule has 0 spiro atoms. The Morgan fingerprint density at radius 3 is 2.58 bits per heavy atom. The molecule has 0 fully saturated rings. The highest BCUT2D eigenvalue weighted by Crippen LogP contribution is 2.29. The number of pyridine rings is 2. The second-order valence-electron chi connectivity index (χ2n) is 9.44. The molecule has 0 aliphatic rings. The first kappa shape index (κ1) is 24.9. The number of aromatic nitrogens is 5. The third kappa shape index (κ3) is 4.91. The van der Waals surface area contributed by atoms with E-state index in [4.69, 9.17) is 0 Å². The molecule has 0 amide bonds. The molecule has 0 unspecified atom stereocenters. The Hall–Kier alpha value is -4.78. The molecule has 38 heavy (non-hydrogen) atoms. The SMILES string of the molecule is C=C(/C=c1/c(-c2cc3c(-c4ccc(F)cc4)nccc3[nH]2)n[nH]/c1=C/C)c1cncc(NC(=C)C(C)C)c1. The normalized spacial score (nSPS) is 12.4. The summed E-state index contributed by atoms with van der Waals surface area (Å²) >= 11 is 0. The van der Waals surface area contributed by atoms with Gasteiger partial charge in [-0.3, -0.25) is 15.1 Å². The van der Waals surface area contributed by atoms with Gasteiger partial charge < -0.3 is 10.3 Å². The molecule has 5 rings (SSSR count). The highest BCUT2D eigenvalue weighted by molar-refractivity contribution is 5.96. The average molecular weight is 505 g/mol. The number of nitrogens with one attached hydrogen (secondary N) is 3. The zero-order valence-electron chi connectivity index (χ0n) is 21.6. The van der Waals surface area contributed by atoms with Gasteiger partial charge in [0.1, 0.15) is 11.5 Å². The number of benzene rings is 1. The Morgan fingerprint density at radius 1 is 1.05 bits per heavy atom. The van der Waals surface area contributed by atoms with Gasteiger partial charge in [0.05, 0.1) is 28.6 Å². The van der Waals surface area contributed by atoms with Crippen LogP contribution in [0.2, 0.25) is 0 Å². The maximum Gasteiger partial charge on any atom is 0.123 e. The smallest absolute Gasteiger partial charge is 0.123 e. The summed E-state index contributed by atoms with van der Waals surface area (Å²) in [7, 11) is 0. The highest BCUT2D eigenvalue weighted by Gasteiger charge is 2.14. The summed E-state index contributed by atoms with van der Waals surface area (Å²) < 4.78 is 13.5. The lowest BCUT2D eigenvalue weighted by molar-refractivity contribution is 0.628. The van der Waals surface area contributed by atoms with Gasteiger partial charge in [-0.2, -0.15) is 5.10 Å². The number of hydrogen-bond acceptors (Lipinski definition) is 4. The van der Waals surface area contributed by atoms with Gasteiger partial charge in [0.2, 0.25) is 0 Å². The van der Waals surface area contributed by atoms with E-state index < -0.39 is 0 Å². The third-order valence-corrected chi connectivity index (χ3v) is 6.47. The van der Waals surface area contributed by atoms with Crippen LogP contribution >= 0.6 is 0 Å². The van der Waals surface area contributed by atoms with Crippen molar-refractivity contribution in [2.45, 2.75) is 20.8 Å². The lowest BCUT2D eigenvalue weighted by Gasteiger charge is -2.13. The quantitative estimate of drug-likeness (QED) is 0.253. The molecular weight excluding hydrogens is 475 g/mol. The number of fused-ring (bicyclic) bond motifs is 1. The molecule has 5 aromatic rings. The van der Waals surface area contributed by atoms with Gasteiger partial charge >= 0.3 is 0 Å². The van der Waals surface area contributed by atoms with Gasteiger partial charge in [-0.05, 0) is 67.0 Å². The van der Waals surface area contributed by atoms with Crippen LogP contribution in [0.5, 0.6) is 0 Å². The van der Waals surface area contributed by atoms with E-state index in [0.717, 1.165) is 66.6 Å². The van der Waals surface area contributed by atoms with Crippen molar-refractivity contribution in [1.29, 1.82) is 0 Å². The summed E-state index contributed by atoms with van der Waals surface area (Å²) in [6.07, 6.45) is 9.30. The summed E-state index contributed by atoms with van der Waals surface area (Å²) in [6, 6.07) is 12.3. The highest BCUT2D eigenvalue weighted by atomic mass is 19.1. The Morgan fingerprint density at radius 2 is 1.84 bits per heavy atom. The lowest BCUT2D eigenvalue weighted by Crippen LogP contribution is -2.23. The van der Waals surface area contributed by atoms with Gasteiger partial charge in [0.25, 0.3) is 0 Å². The Labute approximate surface area is 220 Å². The van der Waals surface area contributed by atoms with Crippen molar-refractivity contribution in [1.82, 2.24) is 25.1 Å². The van der Waals surface area contributed by atoms with Crippen molar-refractivity contribution in [3.05, 3.63) is 102 Å². The molecule has 3 N–H and O–H groups in total. The number of hydrogen-bond donors (Lipinski definition) is 3. The van der Waals surface area contributed by atoms with Gasteiger partial charge in [-0.25, -0.2) is 4.39 Å². The van der Waals surface area contributed by atoms with Crippen LogP contribution in [0.25, 0.3) is 51.3 Å². The minimum absolute atomic E-state index is 0.280. The minimum Gasteiger partial charge on any atom is -0.358 e. The van der Waals surface area contributed by atoms with E-state index >= 15 is 0 Å². The maximum absolute atomic E-state index is 13.5. The number of anilines is 1. The molecule has 0 radical (unpaired) electrons. The van der Waals surface area contributed by atoms with E-state index in [9.17, 15) is 4.39 Å². The Bertz CT molecular complexity index is 1770. The van der Waals surface area contributed by atoms with Crippen LogP contribution in [0.3, 0.4) is 0 Å². The first-order valence-corrected chi connectivity index (χ1v) is 12.4. The summed E-state index contributed by atoms with van der Waals surface area (Å²) in [5.74, 6) is 0.0250. The van der Waals surface area contributed by atoms with E-state index in [-0.39, 0.29) is 5.82 Å². The van der Waals surface area contributed by atoms with Crippen LogP contribution in [0, 0.1) is 11.7 Å². The average Bonchev–Trinajstić information content (AvgIpc) is 3.53. The summed E-state index contributed by atoms with van der Waals surface area (Å²) in [5, 5.41) is 13.8. The third-order valence-electron chi connectivity index (χ3n) is 6.47. The van der Waals surface area contributed by atoms with Crippen LogP contribution in [0.4, 0.5) is 10.1 Å². The monoisotopic (exact) mass is 504 g/mol. The van der Waals surface area contributed by atoms with Crippen molar-refractivity contribution in [2.75, 3.05) is 5.32 Å². The van der Waals surface area contributed by atoms with Crippen LogP contribution in [-0.2, 0) is 0 Å². The van der Waals surface area contributed by atoms with E-state index in [0.29, 0.717) is 5.92 Å². The van der Waals surface area contributed by atoms with E-state index in [1.807, 2.05) is 37.3 Å². The lowest BCUT2D eigenvalue weighted by atomic mass is 10.1. The molecule has 0 aliphatic heterocycles. The first-order valence-electron chi connectivity index (χ1n) is 12.4. The molecule has 0 atom stereocenters. The number of H-pyrrole nitrogens is 2. The predicted molar refractivity (Wildman–Crippen MR) is 154 cm³/mol. The van der Waals surface area contributed by atoms with Crippen LogP contribution in [0.1, 0.15) is 26.3 Å². The Kier molecular flexibility index (Phi) is 6.75. The fourth-order valence-electron chi connectivity index (χ4n) is 4.23. The molecule has 0 aliphatic carbocycles. The van der Waals surface area contributed by atoms with Crippen molar-refractivity contribution in [3.63, 3.8) is 0 Å².